The van der Waals surface area contributed by atoms with Crippen molar-refractivity contribution in [1.82, 2.24) is 10.2 Å². The number of amides is 2. The molecule has 1 aromatic carbocycles. The summed E-state index contributed by atoms with van der Waals surface area (Å²) in [6.07, 6.45) is 0. The molecule has 0 saturated heterocycles. The van der Waals surface area contributed by atoms with E-state index in [-0.39, 0.29) is 12.0 Å². The molecule has 0 aliphatic heterocycles. The fourth-order valence-electron chi connectivity index (χ4n) is 1.95. The quantitative estimate of drug-likeness (QED) is 0.877. The average Bonchev–Trinajstić information content (AvgIpc) is 2.42. The lowest BCUT2D eigenvalue weighted by Gasteiger charge is -2.28. The molecule has 0 fully saturated rings. The minimum absolute atomic E-state index is 0.199. The predicted molar refractivity (Wildman–Crippen MR) is 82.4 cm³/mol. The lowest BCUT2D eigenvalue weighted by molar-refractivity contribution is -0.140. The zero-order valence-electron chi connectivity index (χ0n) is 12.6. The number of halogens is 1. The third kappa shape index (κ3) is 4.36. The number of aliphatic carboxylic acids is 1. The highest BCUT2D eigenvalue weighted by atomic mass is 35.5. The smallest absolute Gasteiger partial charge is 0.326 e. The van der Waals surface area contributed by atoms with Gasteiger partial charge in [0.05, 0.1) is 6.04 Å². The summed E-state index contributed by atoms with van der Waals surface area (Å²) in [6.45, 7) is 5.33. The molecule has 0 aliphatic rings. The molecular formula is C15H21ClN2O3. The molecule has 2 amide bonds. The maximum Gasteiger partial charge on any atom is 0.326 e. The third-order valence-electron chi connectivity index (χ3n) is 3.47. The molecule has 0 heterocycles. The number of nitrogens with one attached hydrogen (secondary N) is 1. The van der Waals surface area contributed by atoms with Crippen LogP contribution in [-0.4, -0.2) is 35.1 Å². The van der Waals surface area contributed by atoms with Crippen LogP contribution < -0.4 is 5.32 Å². The number of carboxylic acid groups (broad SMARTS) is 1. The molecule has 0 radical (unpaired) electrons. The van der Waals surface area contributed by atoms with Gasteiger partial charge in [-0.3, -0.25) is 0 Å². The van der Waals surface area contributed by atoms with Crippen molar-refractivity contribution >= 4 is 23.6 Å². The Morgan fingerprint density at radius 3 is 2.29 bits per heavy atom. The van der Waals surface area contributed by atoms with Crippen LogP contribution in [0.2, 0.25) is 5.02 Å². The number of carbonyl (C=O) groups excluding carboxylic acids is 1. The molecule has 1 rings (SSSR count). The fourth-order valence-corrected chi connectivity index (χ4v) is 2.24. The van der Waals surface area contributed by atoms with Crippen molar-refractivity contribution in [3.63, 3.8) is 0 Å². The van der Waals surface area contributed by atoms with Crippen LogP contribution in [0.5, 0.6) is 0 Å². The van der Waals surface area contributed by atoms with E-state index in [1.54, 1.807) is 27.0 Å². The summed E-state index contributed by atoms with van der Waals surface area (Å²) in [5, 5.41) is 12.2. The lowest BCUT2D eigenvalue weighted by Crippen LogP contribution is -2.49. The molecular weight excluding hydrogens is 292 g/mol. The van der Waals surface area contributed by atoms with Gasteiger partial charge >= 0.3 is 12.0 Å². The van der Waals surface area contributed by atoms with E-state index in [0.29, 0.717) is 5.02 Å². The van der Waals surface area contributed by atoms with Gasteiger partial charge in [0.1, 0.15) is 6.04 Å². The van der Waals surface area contributed by atoms with E-state index in [0.717, 1.165) is 5.56 Å². The number of hydrogen-bond acceptors (Lipinski definition) is 2. The first kappa shape index (κ1) is 17.3. The second kappa shape index (κ2) is 7.31. The van der Waals surface area contributed by atoms with Crippen LogP contribution in [0.25, 0.3) is 0 Å². The standard InChI is InChI=1S/C15H21ClN2O3/c1-9(2)13(14(19)20)17-15(21)18(4)10(3)11-7-5-6-8-12(11)16/h5-10,13H,1-4H3,(H,17,21)(H,19,20)/t10?,13-/m1/s1. The second-order valence-electron chi connectivity index (χ2n) is 5.32. The Hall–Kier alpha value is -1.75. The van der Waals surface area contributed by atoms with E-state index in [1.165, 1.54) is 4.90 Å². The number of benzene rings is 1. The van der Waals surface area contributed by atoms with Gasteiger partial charge in [0.25, 0.3) is 0 Å². The molecule has 1 unspecified atom stereocenters. The highest BCUT2D eigenvalue weighted by Gasteiger charge is 2.27. The Bertz CT molecular complexity index is 519. The van der Waals surface area contributed by atoms with Gasteiger partial charge in [-0.1, -0.05) is 43.6 Å². The predicted octanol–water partition coefficient (Wildman–Crippen LogP) is 3.15. The molecule has 2 atom stereocenters. The highest BCUT2D eigenvalue weighted by molar-refractivity contribution is 6.31. The average molecular weight is 313 g/mol. The Balaban J connectivity index is 2.83. The van der Waals surface area contributed by atoms with Crippen LogP contribution in [0.1, 0.15) is 32.4 Å². The molecule has 6 heteroatoms. The van der Waals surface area contributed by atoms with Crippen LogP contribution >= 0.6 is 11.6 Å². The van der Waals surface area contributed by atoms with Gasteiger partial charge in [0.2, 0.25) is 0 Å². The zero-order chi connectivity index (χ0) is 16.2. The van der Waals surface area contributed by atoms with Crippen molar-refractivity contribution in [3.8, 4) is 0 Å². The summed E-state index contributed by atoms with van der Waals surface area (Å²) < 4.78 is 0. The molecule has 0 spiro atoms. The Kier molecular flexibility index (Phi) is 6.03. The molecule has 5 nitrogen and oxygen atoms in total. The monoisotopic (exact) mass is 312 g/mol. The molecule has 1 aromatic rings. The Labute approximate surface area is 129 Å². The fraction of sp³-hybridized carbons (Fsp3) is 0.467. The molecule has 0 bridgehead atoms. The van der Waals surface area contributed by atoms with E-state index in [1.807, 2.05) is 25.1 Å². The van der Waals surface area contributed by atoms with Crippen molar-refractivity contribution in [2.45, 2.75) is 32.9 Å². The van der Waals surface area contributed by atoms with Gasteiger partial charge in [0, 0.05) is 12.1 Å². The van der Waals surface area contributed by atoms with Crippen LogP contribution in [0.4, 0.5) is 4.79 Å². The highest BCUT2D eigenvalue weighted by Crippen LogP contribution is 2.26. The van der Waals surface area contributed by atoms with Crippen LogP contribution in [0.15, 0.2) is 24.3 Å². The van der Waals surface area contributed by atoms with E-state index in [9.17, 15) is 9.59 Å². The van der Waals surface area contributed by atoms with Crippen LogP contribution in [0.3, 0.4) is 0 Å². The SMILES string of the molecule is CC(C)[C@@H](NC(=O)N(C)C(C)c1ccccc1Cl)C(=O)O. The van der Waals surface area contributed by atoms with Gasteiger partial charge in [-0.25, -0.2) is 9.59 Å². The first-order valence-electron chi connectivity index (χ1n) is 6.76. The number of hydrogen-bond donors (Lipinski definition) is 2. The summed E-state index contributed by atoms with van der Waals surface area (Å²) in [5.74, 6) is -1.24. The number of urea groups is 1. The lowest BCUT2D eigenvalue weighted by atomic mass is 10.0. The Morgan fingerprint density at radius 1 is 1.24 bits per heavy atom. The van der Waals surface area contributed by atoms with Gasteiger partial charge in [-0.15, -0.1) is 0 Å². The second-order valence-corrected chi connectivity index (χ2v) is 5.73. The molecule has 0 aromatic heterocycles. The molecule has 0 aliphatic carbocycles. The van der Waals surface area contributed by atoms with Crippen molar-refractivity contribution < 1.29 is 14.7 Å². The maximum atomic E-state index is 12.2. The Morgan fingerprint density at radius 2 is 1.81 bits per heavy atom. The van der Waals surface area contributed by atoms with E-state index >= 15 is 0 Å². The summed E-state index contributed by atoms with van der Waals surface area (Å²) >= 11 is 6.12. The van der Waals surface area contributed by atoms with Crippen molar-refractivity contribution in [1.29, 1.82) is 0 Å². The number of carboxylic acids is 1. The topological polar surface area (TPSA) is 69.6 Å². The maximum absolute atomic E-state index is 12.2. The number of carbonyl (C=O) groups is 2. The van der Waals surface area contributed by atoms with Crippen LogP contribution in [0, 0.1) is 5.92 Å². The van der Waals surface area contributed by atoms with Crippen molar-refractivity contribution in [2.24, 2.45) is 5.92 Å². The number of nitrogens with zero attached hydrogens (tertiary/aromatic N) is 1. The first-order valence-corrected chi connectivity index (χ1v) is 7.14. The third-order valence-corrected chi connectivity index (χ3v) is 3.81. The summed E-state index contributed by atoms with van der Waals surface area (Å²) in [7, 11) is 1.61. The van der Waals surface area contributed by atoms with Gasteiger partial charge in [0.15, 0.2) is 0 Å². The summed E-state index contributed by atoms with van der Waals surface area (Å²) in [6, 6.07) is 5.64. The van der Waals surface area contributed by atoms with Crippen molar-refractivity contribution in [3.05, 3.63) is 34.9 Å². The summed E-state index contributed by atoms with van der Waals surface area (Å²) in [4.78, 5) is 24.8. The van der Waals surface area contributed by atoms with E-state index in [4.69, 9.17) is 16.7 Å². The normalized spacial score (nSPS) is 13.6. The molecule has 21 heavy (non-hydrogen) atoms. The first-order chi connectivity index (χ1) is 9.75. The van der Waals surface area contributed by atoms with Gasteiger partial charge in [-0.2, -0.15) is 0 Å². The van der Waals surface area contributed by atoms with Gasteiger partial charge < -0.3 is 15.3 Å². The minimum Gasteiger partial charge on any atom is -0.480 e. The zero-order valence-corrected chi connectivity index (χ0v) is 13.4. The number of rotatable bonds is 5. The van der Waals surface area contributed by atoms with E-state index < -0.39 is 18.0 Å². The van der Waals surface area contributed by atoms with Gasteiger partial charge in [-0.05, 0) is 24.5 Å². The molecule has 2 N–H and O–H groups in total. The van der Waals surface area contributed by atoms with Crippen LogP contribution in [-0.2, 0) is 4.79 Å². The van der Waals surface area contributed by atoms with Crippen molar-refractivity contribution in [2.75, 3.05) is 7.05 Å². The minimum atomic E-state index is -1.04. The largest absolute Gasteiger partial charge is 0.480 e. The molecule has 0 saturated carbocycles. The van der Waals surface area contributed by atoms with E-state index in [2.05, 4.69) is 5.32 Å². The molecule has 116 valence electrons. The summed E-state index contributed by atoms with van der Waals surface area (Å²) in [5.41, 5.74) is 0.813.